The summed E-state index contributed by atoms with van der Waals surface area (Å²) >= 11 is 0. The minimum atomic E-state index is -0.491. The van der Waals surface area contributed by atoms with Crippen LogP contribution in [-0.4, -0.2) is 50.4 Å². The van der Waals surface area contributed by atoms with E-state index in [-0.39, 0.29) is 12.1 Å². The minimum Gasteiger partial charge on any atom is -0.497 e. The first-order valence-electron chi connectivity index (χ1n) is 7.77. The van der Waals surface area contributed by atoms with Gasteiger partial charge in [-0.1, -0.05) is 0 Å². The Morgan fingerprint density at radius 2 is 2.00 bits per heavy atom. The number of nitrogens with zero attached hydrogens (tertiary/aromatic N) is 1. The van der Waals surface area contributed by atoms with Gasteiger partial charge >= 0.3 is 6.09 Å². The number of carbonyl (C=O) groups is 1. The first-order chi connectivity index (χ1) is 10.8. The van der Waals surface area contributed by atoms with Crippen molar-refractivity contribution in [2.75, 3.05) is 33.9 Å². The molecular formula is C17H26N2O4. The highest BCUT2D eigenvalue weighted by Gasteiger charge is 2.29. The van der Waals surface area contributed by atoms with Crippen molar-refractivity contribution >= 4 is 6.09 Å². The Hall–Kier alpha value is -1.95. The molecule has 1 N–H and O–H groups in total. The fourth-order valence-corrected chi connectivity index (χ4v) is 2.56. The van der Waals surface area contributed by atoms with Crippen LogP contribution in [0.1, 0.15) is 32.4 Å². The maximum absolute atomic E-state index is 12.3. The van der Waals surface area contributed by atoms with Crippen LogP contribution in [0.3, 0.4) is 0 Å². The van der Waals surface area contributed by atoms with E-state index in [1.807, 2.05) is 39.0 Å². The van der Waals surface area contributed by atoms with E-state index in [2.05, 4.69) is 5.32 Å². The number of hydrogen-bond acceptors (Lipinski definition) is 5. The van der Waals surface area contributed by atoms with Gasteiger partial charge in [0.1, 0.15) is 17.1 Å². The van der Waals surface area contributed by atoms with Crippen molar-refractivity contribution in [3.63, 3.8) is 0 Å². The van der Waals surface area contributed by atoms with Crippen molar-refractivity contribution in [1.82, 2.24) is 10.2 Å². The predicted octanol–water partition coefficient (Wildman–Crippen LogP) is 2.59. The third kappa shape index (κ3) is 4.51. The molecule has 1 aromatic carbocycles. The normalized spacial score (nSPS) is 18.5. The van der Waals surface area contributed by atoms with Gasteiger partial charge in [-0.3, -0.25) is 0 Å². The average Bonchev–Trinajstić information content (AvgIpc) is 2.52. The molecule has 6 heteroatoms. The van der Waals surface area contributed by atoms with E-state index in [0.29, 0.717) is 19.6 Å². The third-order valence-corrected chi connectivity index (χ3v) is 3.64. The van der Waals surface area contributed by atoms with Crippen molar-refractivity contribution in [2.24, 2.45) is 0 Å². The van der Waals surface area contributed by atoms with E-state index < -0.39 is 5.60 Å². The van der Waals surface area contributed by atoms with Gasteiger partial charge in [0, 0.05) is 31.3 Å². The van der Waals surface area contributed by atoms with E-state index in [0.717, 1.165) is 17.1 Å². The van der Waals surface area contributed by atoms with Gasteiger partial charge < -0.3 is 24.4 Å². The van der Waals surface area contributed by atoms with E-state index in [4.69, 9.17) is 14.2 Å². The van der Waals surface area contributed by atoms with Crippen LogP contribution in [0, 0.1) is 0 Å². The molecule has 0 radical (unpaired) electrons. The summed E-state index contributed by atoms with van der Waals surface area (Å²) < 4.78 is 16.2. The number of ether oxygens (including phenoxy) is 3. The highest BCUT2D eigenvalue weighted by molar-refractivity contribution is 5.68. The molecule has 0 saturated carbocycles. The summed E-state index contributed by atoms with van der Waals surface area (Å²) in [6, 6.07) is 5.71. The first kappa shape index (κ1) is 17.4. The summed E-state index contributed by atoms with van der Waals surface area (Å²) in [5.74, 6) is 1.48. The SMILES string of the molecule is COc1ccc([C@@H]2CN(C(=O)OC(C)(C)C)CCN2)c(OC)c1. The average molecular weight is 322 g/mol. The molecule has 0 bridgehead atoms. The second-order valence-corrected chi connectivity index (χ2v) is 6.54. The Labute approximate surface area is 137 Å². The van der Waals surface area contributed by atoms with E-state index in [1.54, 1.807) is 19.1 Å². The number of amides is 1. The van der Waals surface area contributed by atoms with Crippen LogP contribution in [0.2, 0.25) is 0 Å². The Morgan fingerprint density at radius 1 is 1.26 bits per heavy atom. The van der Waals surface area contributed by atoms with Crippen molar-refractivity contribution in [3.8, 4) is 11.5 Å². The molecule has 2 rings (SSSR count). The molecule has 0 spiro atoms. The van der Waals surface area contributed by atoms with E-state index in [1.165, 1.54) is 0 Å². The molecule has 23 heavy (non-hydrogen) atoms. The van der Waals surface area contributed by atoms with Gasteiger partial charge in [-0.05, 0) is 32.9 Å². The summed E-state index contributed by atoms with van der Waals surface area (Å²) in [7, 11) is 3.25. The van der Waals surface area contributed by atoms with Crippen LogP contribution < -0.4 is 14.8 Å². The Morgan fingerprint density at radius 3 is 2.61 bits per heavy atom. The quantitative estimate of drug-likeness (QED) is 0.927. The lowest BCUT2D eigenvalue weighted by Gasteiger charge is -2.35. The molecule has 1 atom stereocenters. The molecule has 1 amide bonds. The van der Waals surface area contributed by atoms with Crippen LogP contribution in [0.5, 0.6) is 11.5 Å². The molecule has 128 valence electrons. The van der Waals surface area contributed by atoms with Gasteiger partial charge in [0.25, 0.3) is 0 Å². The van der Waals surface area contributed by atoms with Crippen LogP contribution >= 0.6 is 0 Å². The second kappa shape index (κ2) is 7.08. The van der Waals surface area contributed by atoms with E-state index >= 15 is 0 Å². The van der Waals surface area contributed by atoms with E-state index in [9.17, 15) is 4.79 Å². The predicted molar refractivity (Wildman–Crippen MR) is 88.1 cm³/mol. The minimum absolute atomic E-state index is 0.00266. The maximum atomic E-state index is 12.3. The number of benzene rings is 1. The lowest BCUT2D eigenvalue weighted by atomic mass is 10.0. The van der Waals surface area contributed by atoms with Crippen LogP contribution in [0.15, 0.2) is 18.2 Å². The summed E-state index contributed by atoms with van der Waals surface area (Å²) in [6.07, 6.45) is -0.281. The molecule has 1 aliphatic heterocycles. The fraction of sp³-hybridized carbons (Fsp3) is 0.588. The van der Waals surface area contributed by atoms with Crippen molar-refractivity contribution in [3.05, 3.63) is 23.8 Å². The molecule has 1 heterocycles. The van der Waals surface area contributed by atoms with Crippen molar-refractivity contribution < 1.29 is 19.0 Å². The van der Waals surface area contributed by atoms with Gasteiger partial charge in [0.2, 0.25) is 0 Å². The largest absolute Gasteiger partial charge is 0.497 e. The maximum Gasteiger partial charge on any atom is 0.410 e. The third-order valence-electron chi connectivity index (χ3n) is 3.64. The Balaban J connectivity index is 2.13. The second-order valence-electron chi connectivity index (χ2n) is 6.54. The van der Waals surface area contributed by atoms with Gasteiger partial charge in [-0.2, -0.15) is 0 Å². The van der Waals surface area contributed by atoms with Crippen LogP contribution in [0.4, 0.5) is 4.79 Å². The van der Waals surface area contributed by atoms with Crippen molar-refractivity contribution in [1.29, 1.82) is 0 Å². The highest BCUT2D eigenvalue weighted by atomic mass is 16.6. The van der Waals surface area contributed by atoms with Gasteiger partial charge in [-0.25, -0.2) is 4.79 Å². The fourth-order valence-electron chi connectivity index (χ4n) is 2.56. The summed E-state index contributed by atoms with van der Waals surface area (Å²) in [5, 5.41) is 3.43. The molecule has 0 unspecified atom stereocenters. The molecule has 0 aliphatic carbocycles. The van der Waals surface area contributed by atoms with Crippen molar-refractivity contribution in [2.45, 2.75) is 32.4 Å². The summed E-state index contributed by atoms with van der Waals surface area (Å²) in [4.78, 5) is 14.0. The number of carbonyl (C=O) groups excluding carboxylic acids is 1. The zero-order valence-electron chi connectivity index (χ0n) is 14.5. The monoisotopic (exact) mass is 322 g/mol. The number of hydrogen-bond donors (Lipinski definition) is 1. The van der Waals surface area contributed by atoms with Crippen LogP contribution in [-0.2, 0) is 4.74 Å². The standard InChI is InChI=1S/C17H26N2O4/c1-17(2,3)23-16(20)19-9-8-18-14(11-19)13-7-6-12(21-4)10-15(13)22-5/h6-7,10,14,18H,8-9,11H2,1-5H3/t14-/m0/s1. The number of methoxy groups -OCH3 is 2. The van der Waals surface area contributed by atoms with Crippen LogP contribution in [0.25, 0.3) is 0 Å². The molecule has 0 aromatic heterocycles. The number of nitrogens with one attached hydrogen (secondary N) is 1. The Kier molecular flexibility index (Phi) is 5.36. The smallest absolute Gasteiger partial charge is 0.410 e. The van der Waals surface area contributed by atoms with Gasteiger partial charge in [0.15, 0.2) is 0 Å². The highest BCUT2D eigenvalue weighted by Crippen LogP contribution is 2.31. The molecule has 1 saturated heterocycles. The Bertz CT molecular complexity index is 554. The lowest BCUT2D eigenvalue weighted by molar-refractivity contribution is 0.0194. The van der Waals surface area contributed by atoms with Gasteiger partial charge in [-0.15, -0.1) is 0 Å². The van der Waals surface area contributed by atoms with Gasteiger partial charge in [0.05, 0.1) is 20.3 Å². The summed E-state index contributed by atoms with van der Waals surface area (Å²) in [6.45, 7) is 7.49. The number of piperazine rings is 1. The number of rotatable bonds is 3. The lowest BCUT2D eigenvalue weighted by Crippen LogP contribution is -2.49. The zero-order chi connectivity index (χ0) is 17.0. The summed E-state index contributed by atoms with van der Waals surface area (Å²) in [5.41, 5.74) is 0.511. The molecule has 1 aromatic rings. The molecule has 1 fully saturated rings. The topological polar surface area (TPSA) is 60.0 Å². The zero-order valence-corrected chi connectivity index (χ0v) is 14.5. The first-order valence-corrected chi connectivity index (χ1v) is 7.77. The molecular weight excluding hydrogens is 296 g/mol. The molecule has 1 aliphatic rings. The molecule has 6 nitrogen and oxygen atoms in total.